The van der Waals surface area contributed by atoms with Gasteiger partial charge in [0.05, 0.1) is 34.1 Å². The second-order valence-electron chi connectivity index (χ2n) is 27.3. The van der Waals surface area contributed by atoms with Crippen LogP contribution in [-0.2, 0) is 32.5 Å². The lowest BCUT2D eigenvalue weighted by atomic mass is 9.71. The maximum absolute atomic E-state index is 2.67. The van der Waals surface area contributed by atoms with Crippen LogP contribution in [0.3, 0.4) is 0 Å². The van der Waals surface area contributed by atoms with Gasteiger partial charge in [0.25, 0.3) is 0 Å². The highest BCUT2D eigenvalue weighted by Gasteiger charge is 2.55. The van der Waals surface area contributed by atoms with Gasteiger partial charge in [-0.05, 0) is 191 Å². The minimum Gasteiger partial charge on any atom is -0.310 e. The molecule has 0 bridgehead atoms. The van der Waals surface area contributed by atoms with Gasteiger partial charge in [-0.25, -0.2) is 0 Å². The minimum atomic E-state index is -0.383. The summed E-state index contributed by atoms with van der Waals surface area (Å²) in [5, 5.41) is 0. The molecule has 3 aliphatic heterocycles. The van der Waals surface area contributed by atoms with E-state index in [4.69, 9.17) is 0 Å². The summed E-state index contributed by atoms with van der Waals surface area (Å²) >= 11 is 0. The average Bonchev–Trinajstić information content (AvgIpc) is 1.71. The third-order valence-corrected chi connectivity index (χ3v) is 20.9. The number of nitrogens with zero attached hydrogens (tertiary/aromatic N) is 3. The zero-order valence-electron chi connectivity index (χ0n) is 48.9. The Hall–Kier alpha value is -8.40. The SMILES string of the molecule is CC1(C)c2ccccc2N(c2ccccc2)c2cc3c(cc21)-c1c2c(c4c(c1C3(C)C)-c1cc3c(cc1C4(C)C)N(c1ccccc1)c1ccccc1C3(C)C)-c1cc3c(cc1C2(C)C)N(c1ccccc1)c1ccccc1C3(C)C. The third-order valence-electron chi connectivity index (χ3n) is 20.9. The van der Waals surface area contributed by atoms with Crippen molar-refractivity contribution in [2.75, 3.05) is 14.7 Å². The van der Waals surface area contributed by atoms with Crippen molar-refractivity contribution in [1.29, 1.82) is 0 Å². The van der Waals surface area contributed by atoms with Crippen LogP contribution >= 0.6 is 0 Å². The molecular weight excluding hydrogens is 979 g/mol. The van der Waals surface area contributed by atoms with Crippen LogP contribution in [0.2, 0.25) is 0 Å². The molecule has 0 amide bonds. The van der Waals surface area contributed by atoms with Crippen LogP contribution in [0.4, 0.5) is 51.2 Å². The summed E-state index contributed by atoms with van der Waals surface area (Å²) in [4.78, 5) is 7.65. The fourth-order valence-electron chi connectivity index (χ4n) is 16.8. The molecule has 3 heteroatoms. The van der Waals surface area contributed by atoms with Gasteiger partial charge in [0.2, 0.25) is 0 Å². The minimum absolute atomic E-state index is 0.280. The van der Waals surface area contributed by atoms with Gasteiger partial charge in [-0.2, -0.15) is 0 Å². The van der Waals surface area contributed by atoms with Crippen LogP contribution < -0.4 is 14.7 Å². The van der Waals surface area contributed by atoms with Gasteiger partial charge in [0.15, 0.2) is 0 Å². The van der Waals surface area contributed by atoms with Crippen LogP contribution in [0.1, 0.15) is 150 Å². The first-order valence-corrected chi connectivity index (χ1v) is 29.4. The van der Waals surface area contributed by atoms with E-state index in [-0.39, 0.29) is 32.5 Å². The highest BCUT2D eigenvalue weighted by molar-refractivity contribution is 6.07. The van der Waals surface area contributed by atoms with E-state index < -0.39 is 0 Å². The molecule has 0 unspecified atom stereocenters. The van der Waals surface area contributed by atoms with Gasteiger partial charge in [-0.3, -0.25) is 0 Å². The number of benzene rings is 10. The maximum atomic E-state index is 2.67. The molecule has 0 saturated carbocycles. The smallest absolute Gasteiger partial charge is 0.0506 e. The Morgan fingerprint density at radius 2 is 0.444 bits per heavy atom. The van der Waals surface area contributed by atoms with Gasteiger partial charge in [0.1, 0.15) is 0 Å². The monoisotopic (exact) mass is 1050 g/mol. The van der Waals surface area contributed by atoms with E-state index in [1.807, 2.05) is 0 Å². The lowest BCUT2D eigenvalue weighted by Crippen LogP contribution is -2.31. The lowest BCUT2D eigenvalue weighted by molar-refractivity contribution is 0.624. The van der Waals surface area contributed by atoms with Crippen LogP contribution in [0.5, 0.6) is 0 Å². The summed E-state index contributed by atoms with van der Waals surface area (Å²) in [6.07, 6.45) is 0. The van der Waals surface area contributed by atoms with E-state index in [0.717, 1.165) is 0 Å². The van der Waals surface area contributed by atoms with Gasteiger partial charge in [-0.1, -0.05) is 192 Å². The van der Waals surface area contributed by atoms with E-state index in [9.17, 15) is 0 Å². The molecule has 3 heterocycles. The molecule has 0 N–H and O–H groups in total. The van der Waals surface area contributed by atoms with Gasteiger partial charge in [-0.15, -0.1) is 0 Å². The fourth-order valence-corrected chi connectivity index (χ4v) is 16.8. The maximum Gasteiger partial charge on any atom is 0.0506 e. The molecule has 10 aromatic carbocycles. The van der Waals surface area contributed by atoms with Crippen LogP contribution in [0, 0.1) is 0 Å². The average molecular weight is 1050 g/mol. The second kappa shape index (κ2) is 15.7. The molecule has 3 aliphatic carbocycles. The van der Waals surface area contributed by atoms with Crippen molar-refractivity contribution in [3.63, 3.8) is 0 Å². The second-order valence-corrected chi connectivity index (χ2v) is 27.3. The summed E-state index contributed by atoms with van der Waals surface area (Å²) in [6, 6.07) is 76.5. The first-order chi connectivity index (χ1) is 38.8. The first kappa shape index (κ1) is 48.5. The van der Waals surface area contributed by atoms with E-state index in [1.54, 1.807) is 0 Å². The molecule has 3 nitrogen and oxygen atoms in total. The first-order valence-electron chi connectivity index (χ1n) is 29.4. The number of hydrogen-bond acceptors (Lipinski definition) is 3. The Morgan fingerprint density at radius 3 is 0.704 bits per heavy atom. The van der Waals surface area contributed by atoms with Crippen LogP contribution in [-0.4, -0.2) is 0 Å². The van der Waals surface area contributed by atoms with Crippen molar-refractivity contribution in [3.05, 3.63) is 267 Å². The summed E-state index contributed by atoms with van der Waals surface area (Å²) in [5.74, 6) is 0. The molecule has 0 spiro atoms. The number of rotatable bonds is 3. The van der Waals surface area contributed by atoms with Gasteiger partial charge in [0, 0.05) is 49.6 Å². The van der Waals surface area contributed by atoms with Gasteiger partial charge >= 0.3 is 0 Å². The largest absolute Gasteiger partial charge is 0.310 e. The summed E-state index contributed by atoms with van der Waals surface area (Å²) in [6.45, 7) is 30.0. The normalized spacial score (nSPS) is 18.1. The van der Waals surface area contributed by atoms with E-state index in [0.29, 0.717) is 0 Å². The Kier molecular flexibility index (Phi) is 9.42. The molecule has 396 valence electrons. The highest BCUT2D eigenvalue weighted by atomic mass is 15.2. The quantitative estimate of drug-likeness (QED) is 0.175. The van der Waals surface area contributed by atoms with Crippen molar-refractivity contribution in [1.82, 2.24) is 0 Å². The number of fused-ring (bicyclic) bond motifs is 18. The molecule has 81 heavy (non-hydrogen) atoms. The highest BCUT2D eigenvalue weighted by Crippen LogP contribution is 2.71. The third kappa shape index (κ3) is 5.99. The van der Waals surface area contributed by atoms with Crippen molar-refractivity contribution >= 4 is 51.2 Å². The number of hydrogen-bond donors (Lipinski definition) is 0. The Labute approximate surface area is 479 Å². The van der Waals surface area contributed by atoms with Gasteiger partial charge < -0.3 is 14.7 Å². The standard InChI is InChI=1S/C78H69N3/c1-73(2)52-34-22-25-37-61(52)79(46-28-16-13-17-29-46)64-43-55-49(40-58(64)73)67-70(76(55,7)8)68-51-42-60-66(81(48-32-20-15-21-33-48)63-39-27-24-36-54(63)75(60,5)6)45-57(51)78(11,12)72(68)69-50-41-59-65(44-56(50)77(9,10)71(67)69)80(47-30-18-14-19-31-47)62-38-26-23-35-53(62)74(59,3)4/h13-45H,1-12H3. The number of para-hydroxylation sites is 6. The van der Waals surface area contributed by atoms with Crippen molar-refractivity contribution in [3.8, 4) is 33.4 Å². The fraction of sp³-hybridized carbons (Fsp3) is 0.231. The Balaban J connectivity index is 1.04. The van der Waals surface area contributed by atoms with Crippen molar-refractivity contribution in [2.24, 2.45) is 0 Å². The summed E-state index contributed by atoms with van der Waals surface area (Å²) in [5.41, 5.74) is 34.3. The van der Waals surface area contributed by atoms with Crippen LogP contribution in [0.25, 0.3) is 33.4 Å². The molecule has 10 aromatic rings. The molecule has 0 saturated heterocycles. The Bertz CT molecular complexity index is 3930. The molecule has 0 aromatic heterocycles. The zero-order chi connectivity index (χ0) is 55.7. The Morgan fingerprint density at radius 1 is 0.210 bits per heavy atom. The van der Waals surface area contributed by atoms with Crippen molar-refractivity contribution in [2.45, 2.75) is 116 Å². The molecule has 6 aliphatic rings. The summed E-state index contributed by atoms with van der Waals surface area (Å²) in [7, 11) is 0. The lowest BCUT2D eigenvalue weighted by Gasteiger charge is -2.43. The molecule has 0 atom stereocenters. The van der Waals surface area contributed by atoms with E-state index in [2.05, 4.69) is 298 Å². The predicted molar refractivity (Wildman–Crippen MR) is 340 cm³/mol. The predicted octanol–water partition coefficient (Wildman–Crippen LogP) is 20.9. The van der Waals surface area contributed by atoms with Crippen molar-refractivity contribution < 1.29 is 0 Å². The zero-order valence-corrected chi connectivity index (χ0v) is 48.9. The molecule has 0 fully saturated rings. The van der Waals surface area contributed by atoms with E-state index >= 15 is 0 Å². The van der Waals surface area contributed by atoms with E-state index in [1.165, 1.54) is 151 Å². The van der Waals surface area contributed by atoms with Crippen LogP contribution in [0.15, 0.2) is 200 Å². The molecule has 16 rings (SSSR count). The summed E-state index contributed by atoms with van der Waals surface area (Å²) < 4.78 is 0. The molecule has 0 radical (unpaired) electrons. The topological polar surface area (TPSA) is 9.72 Å². The number of anilines is 9. The molecular formula is C78H69N3.